The molecule has 148 valence electrons. The van der Waals surface area contributed by atoms with Gasteiger partial charge in [0, 0.05) is 18.5 Å². The van der Waals surface area contributed by atoms with Gasteiger partial charge in [0.2, 0.25) is 5.88 Å². The lowest BCUT2D eigenvalue weighted by atomic mass is 10.0. The van der Waals surface area contributed by atoms with Crippen molar-refractivity contribution in [3.63, 3.8) is 0 Å². The lowest BCUT2D eigenvalue weighted by molar-refractivity contribution is 0.0771. The Kier molecular flexibility index (Phi) is 4.85. The molecule has 0 N–H and O–H groups in total. The van der Waals surface area contributed by atoms with Gasteiger partial charge in [-0.05, 0) is 35.4 Å². The number of fused-ring (bicyclic) bond motifs is 1. The highest BCUT2D eigenvalue weighted by Crippen LogP contribution is 2.22. The summed E-state index contributed by atoms with van der Waals surface area (Å²) in [6.07, 6.45) is 2.35. The number of carbonyl (C=O) groups is 1. The predicted molar refractivity (Wildman–Crippen MR) is 116 cm³/mol. The molecule has 0 saturated carbocycles. The summed E-state index contributed by atoms with van der Waals surface area (Å²) in [5, 5.41) is 0. The van der Waals surface area contributed by atoms with E-state index in [2.05, 4.69) is 22.1 Å². The zero-order chi connectivity index (χ0) is 20.3. The fourth-order valence-electron chi connectivity index (χ4n) is 3.80. The minimum absolute atomic E-state index is 0.0327. The van der Waals surface area contributed by atoms with Crippen LogP contribution in [0.5, 0.6) is 5.88 Å². The summed E-state index contributed by atoms with van der Waals surface area (Å²) in [5.41, 5.74) is 4.58. The topological polar surface area (TPSA) is 55.3 Å². The molecule has 1 unspecified atom stereocenters. The third kappa shape index (κ3) is 3.74. The molecule has 1 atom stereocenters. The largest absolute Gasteiger partial charge is 0.471 e. The Morgan fingerprint density at radius 1 is 0.867 bits per heavy atom. The first-order valence-electron chi connectivity index (χ1n) is 10.1. The number of aromatic nitrogens is 2. The van der Waals surface area contributed by atoms with E-state index in [9.17, 15) is 4.79 Å². The molecule has 1 aliphatic rings. The average molecular weight is 395 g/mol. The van der Waals surface area contributed by atoms with Crippen LogP contribution in [0.25, 0.3) is 22.2 Å². The van der Waals surface area contributed by atoms with Crippen LogP contribution in [0.2, 0.25) is 0 Å². The van der Waals surface area contributed by atoms with Gasteiger partial charge >= 0.3 is 0 Å². The summed E-state index contributed by atoms with van der Waals surface area (Å²) in [4.78, 5) is 23.7. The predicted octanol–water partition coefficient (Wildman–Crippen LogP) is 4.59. The summed E-state index contributed by atoms with van der Waals surface area (Å²) in [5.74, 6) is 0.533. The Labute approximate surface area is 175 Å². The van der Waals surface area contributed by atoms with E-state index in [1.165, 1.54) is 0 Å². The van der Waals surface area contributed by atoms with Crippen molar-refractivity contribution in [3.8, 4) is 17.0 Å². The van der Waals surface area contributed by atoms with Crippen molar-refractivity contribution < 1.29 is 9.53 Å². The van der Waals surface area contributed by atoms with Crippen LogP contribution < -0.4 is 4.74 Å². The van der Waals surface area contributed by atoms with Gasteiger partial charge in [-0.25, -0.2) is 9.97 Å². The molecule has 3 aromatic carbocycles. The number of rotatable bonds is 4. The van der Waals surface area contributed by atoms with Crippen molar-refractivity contribution in [2.75, 3.05) is 13.1 Å². The number of amides is 1. The van der Waals surface area contributed by atoms with Crippen LogP contribution >= 0.6 is 0 Å². The van der Waals surface area contributed by atoms with Gasteiger partial charge in [0.15, 0.2) is 0 Å². The number of nitrogens with zero attached hydrogens (tertiary/aromatic N) is 3. The molecule has 30 heavy (non-hydrogen) atoms. The van der Waals surface area contributed by atoms with Crippen molar-refractivity contribution in [2.24, 2.45) is 0 Å². The molecular formula is C25H21N3O2. The lowest BCUT2D eigenvalue weighted by Crippen LogP contribution is -2.31. The average Bonchev–Trinajstić information content (AvgIpc) is 3.27. The van der Waals surface area contributed by atoms with Gasteiger partial charge in [-0.3, -0.25) is 4.79 Å². The molecule has 0 spiro atoms. The minimum Gasteiger partial charge on any atom is -0.471 e. The van der Waals surface area contributed by atoms with Crippen molar-refractivity contribution in [2.45, 2.75) is 12.5 Å². The second kappa shape index (κ2) is 7.95. The smallest absolute Gasteiger partial charge is 0.253 e. The fourth-order valence-corrected chi connectivity index (χ4v) is 3.80. The molecule has 5 rings (SSSR count). The second-order valence-electron chi connectivity index (χ2n) is 7.42. The first kappa shape index (κ1) is 18.3. The molecule has 1 aromatic heterocycles. The number of benzene rings is 3. The molecule has 1 aliphatic heterocycles. The Morgan fingerprint density at radius 2 is 1.57 bits per heavy atom. The molecule has 0 bridgehead atoms. The zero-order valence-corrected chi connectivity index (χ0v) is 16.4. The van der Waals surface area contributed by atoms with Crippen LogP contribution in [0.4, 0.5) is 0 Å². The number of carbonyl (C=O) groups excluding carboxylic acids is 1. The Bertz CT molecular complexity index is 1180. The summed E-state index contributed by atoms with van der Waals surface area (Å²) in [6.45, 7) is 1.22. The van der Waals surface area contributed by atoms with Gasteiger partial charge < -0.3 is 9.64 Å². The number of likely N-dealkylation sites (tertiary alicyclic amines) is 1. The van der Waals surface area contributed by atoms with Gasteiger partial charge in [0.05, 0.1) is 23.8 Å². The maximum Gasteiger partial charge on any atom is 0.253 e. The molecular weight excluding hydrogens is 374 g/mol. The van der Waals surface area contributed by atoms with E-state index in [-0.39, 0.29) is 12.0 Å². The van der Waals surface area contributed by atoms with Crippen LogP contribution in [0.15, 0.2) is 85.1 Å². The van der Waals surface area contributed by atoms with Crippen molar-refractivity contribution in [1.29, 1.82) is 0 Å². The third-order valence-electron chi connectivity index (χ3n) is 5.39. The van der Waals surface area contributed by atoms with Gasteiger partial charge in [0.25, 0.3) is 5.91 Å². The maximum atomic E-state index is 12.9. The van der Waals surface area contributed by atoms with Crippen LogP contribution in [0, 0.1) is 0 Å². The molecule has 5 heteroatoms. The molecule has 2 heterocycles. The number of ether oxygens (including phenoxy) is 1. The summed E-state index contributed by atoms with van der Waals surface area (Å²) < 4.78 is 6.01. The first-order valence-corrected chi connectivity index (χ1v) is 10.1. The van der Waals surface area contributed by atoms with Crippen molar-refractivity contribution in [3.05, 3.63) is 90.6 Å². The summed E-state index contributed by atoms with van der Waals surface area (Å²) >= 11 is 0. The lowest BCUT2D eigenvalue weighted by Gasteiger charge is -2.17. The normalized spacial score (nSPS) is 16.0. The van der Waals surface area contributed by atoms with Crippen LogP contribution in [0.1, 0.15) is 16.8 Å². The quantitative estimate of drug-likeness (QED) is 0.507. The highest BCUT2D eigenvalue weighted by molar-refractivity contribution is 5.95. The van der Waals surface area contributed by atoms with Crippen LogP contribution in [-0.2, 0) is 0 Å². The standard InChI is InChI=1S/C25H21N3O2/c29-25(20-12-10-19(11-13-20)18-6-2-1-3-7-18)28-15-14-21(17-28)30-24-16-26-22-8-4-5-9-23(22)27-24/h1-13,16,21H,14-15,17H2. The van der Waals surface area contributed by atoms with E-state index in [0.29, 0.717) is 24.5 Å². The van der Waals surface area contributed by atoms with E-state index in [0.717, 1.165) is 28.6 Å². The van der Waals surface area contributed by atoms with Gasteiger partial charge in [0.1, 0.15) is 6.10 Å². The van der Waals surface area contributed by atoms with Gasteiger partial charge in [-0.15, -0.1) is 0 Å². The summed E-state index contributed by atoms with van der Waals surface area (Å²) in [7, 11) is 0. The van der Waals surface area contributed by atoms with E-state index < -0.39 is 0 Å². The third-order valence-corrected chi connectivity index (χ3v) is 5.39. The zero-order valence-electron chi connectivity index (χ0n) is 16.4. The molecule has 1 amide bonds. The number of para-hydroxylation sites is 2. The van der Waals surface area contributed by atoms with E-state index in [1.807, 2.05) is 71.6 Å². The Morgan fingerprint density at radius 3 is 2.37 bits per heavy atom. The van der Waals surface area contributed by atoms with E-state index in [1.54, 1.807) is 6.20 Å². The number of hydrogen-bond acceptors (Lipinski definition) is 4. The minimum atomic E-state index is -0.0759. The summed E-state index contributed by atoms with van der Waals surface area (Å²) in [6, 6.07) is 25.6. The fraction of sp³-hybridized carbons (Fsp3) is 0.160. The maximum absolute atomic E-state index is 12.9. The second-order valence-corrected chi connectivity index (χ2v) is 7.42. The SMILES string of the molecule is O=C(c1ccc(-c2ccccc2)cc1)N1CCC(Oc2cnc3ccccc3n2)C1. The highest BCUT2D eigenvalue weighted by Gasteiger charge is 2.28. The first-order chi connectivity index (χ1) is 14.8. The Hall–Kier alpha value is -3.73. The van der Waals surface area contributed by atoms with Crippen LogP contribution in [-0.4, -0.2) is 40.0 Å². The molecule has 1 fully saturated rings. The number of hydrogen-bond donors (Lipinski definition) is 0. The molecule has 0 aliphatic carbocycles. The van der Waals surface area contributed by atoms with E-state index in [4.69, 9.17) is 4.74 Å². The van der Waals surface area contributed by atoms with Crippen molar-refractivity contribution >= 4 is 16.9 Å². The highest BCUT2D eigenvalue weighted by atomic mass is 16.5. The Balaban J connectivity index is 1.24. The molecule has 1 saturated heterocycles. The van der Waals surface area contributed by atoms with Crippen LogP contribution in [0.3, 0.4) is 0 Å². The monoisotopic (exact) mass is 395 g/mol. The molecule has 5 nitrogen and oxygen atoms in total. The molecule has 4 aromatic rings. The van der Waals surface area contributed by atoms with Gasteiger partial charge in [-0.2, -0.15) is 0 Å². The van der Waals surface area contributed by atoms with Gasteiger partial charge in [-0.1, -0.05) is 54.6 Å². The van der Waals surface area contributed by atoms with Crippen molar-refractivity contribution in [1.82, 2.24) is 14.9 Å². The van der Waals surface area contributed by atoms with E-state index >= 15 is 0 Å². The molecule has 0 radical (unpaired) electrons.